The van der Waals surface area contributed by atoms with E-state index in [0.29, 0.717) is 37.1 Å². The van der Waals surface area contributed by atoms with Crippen LogP contribution < -0.4 is 10.6 Å². The summed E-state index contributed by atoms with van der Waals surface area (Å²) >= 11 is 2.10. The highest BCUT2D eigenvalue weighted by Gasteiger charge is 2.24. The van der Waals surface area contributed by atoms with Gasteiger partial charge in [-0.1, -0.05) is 30.3 Å². The van der Waals surface area contributed by atoms with E-state index < -0.39 is 0 Å². The number of nitrogens with zero attached hydrogens (tertiary/aromatic N) is 1. The van der Waals surface area contributed by atoms with E-state index >= 15 is 0 Å². The molecule has 0 aliphatic carbocycles. The third kappa shape index (κ3) is 5.31. The summed E-state index contributed by atoms with van der Waals surface area (Å²) in [5.74, 6) is -0.439. The fourth-order valence-electron chi connectivity index (χ4n) is 3.14. The van der Waals surface area contributed by atoms with Gasteiger partial charge in [0, 0.05) is 28.3 Å². The molecule has 3 amide bonds. The average Bonchev–Trinajstić information content (AvgIpc) is 2.73. The predicted molar refractivity (Wildman–Crippen MR) is 115 cm³/mol. The van der Waals surface area contributed by atoms with E-state index in [-0.39, 0.29) is 30.3 Å². The molecule has 0 spiro atoms. The molecular formula is C21H22IN3O3. The first-order valence-electron chi connectivity index (χ1n) is 9.21. The maximum atomic E-state index is 12.4. The fourth-order valence-corrected chi connectivity index (χ4v) is 3.77. The van der Waals surface area contributed by atoms with Gasteiger partial charge in [-0.3, -0.25) is 14.4 Å². The second-order valence-corrected chi connectivity index (χ2v) is 7.82. The molecule has 3 rings (SSSR count). The maximum absolute atomic E-state index is 12.4. The van der Waals surface area contributed by atoms with Gasteiger partial charge in [0.2, 0.25) is 5.91 Å². The Hall–Kier alpha value is -2.42. The van der Waals surface area contributed by atoms with Crippen molar-refractivity contribution in [3.63, 3.8) is 0 Å². The van der Waals surface area contributed by atoms with Crippen molar-refractivity contribution >= 4 is 40.3 Å². The number of hydrogen-bond donors (Lipinski definition) is 2. The van der Waals surface area contributed by atoms with Crippen LogP contribution in [0.5, 0.6) is 0 Å². The van der Waals surface area contributed by atoms with Crippen LogP contribution in [0.3, 0.4) is 0 Å². The molecule has 1 saturated heterocycles. The Morgan fingerprint density at radius 3 is 2.25 bits per heavy atom. The van der Waals surface area contributed by atoms with Crippen molar-refractivity contribution in [3.05, 3.63) is 69.3 Å². The number of rotatable bonds is 5. The Labute approximate surface area is 177 Å². The lowest BCUT2D eigenvalue weighted by Gasteiger charge is -2.32. The van der Waals surface area contributed by atoms with Crippen molar-refractivity contribution in [3.8, 4) is 0 Å². The highest BCUT2D eigenvalue weighted by molar-refractivity contribution is 14.1. The van der Waals surface area contributed by atoms with Crippen molar-refractivity contribution in [2.75, 3.05) is 19.6 Å². The van der Waals surface area contributed by atoms with Crippen LogP contribution in [0, 0.1) is 3.57 Å². The van der Waals surface area contributed by atoms with E-state index in [9.17, 15) is 14.4 Å². The van der Waals surface area contributed by atoms with Gasteiger partial charge in [0.05, 0.1) is 12.1 Å². The van der Waals surface area contributed by atoms with Crippen LogP contribution >= 0.6 is 22.6 Å². The number of hydrogen-bond acceptors (Lipinski definition) is 3. The van der Waals surface area contributed by atoms with Gasteiger partial charge in [0.1, 0.15) is 0 Å². The molecule has 6 nitrogen and oxygen atoms in total. The van der Waals surface area contributed by atoms with E-state index in [4.69, 9.17) is 0 Å². The highest BCUT2D eigenvalue weighted by atomic mass is 127. The first-order valence-corrected chi connectivity index (χ1v) is 10.3. The fraction of sp³-hybridized carbons (Fsp3) is 0.286. The lowest BCUT2D eigenvalue weighted by molar-refractivity contribution is -0.131. The lowest BCUT2D eigenvalue weighted by atomic mass is 10.0. The first-order chi connectivity index (χ1) is 13.5. The van der Waals surface area contributed by atoms with Gasteiger partial charge in [-0.25, -0.2) is 0 Å². The molecule has 28 heavy (non-hydrogen) atoms. The number of amides is 3. The normalized spacial score (nSPS) is 14.4. The molecule has 0 aromatic heterocycles. The van der Waals surface area contributed by atoms with E-state index in [1.165, 1.54) is 0 Å². The van der Waals surface area contributed by atoms with Gasteiger partial charge in [0.15, 0.2) is 0 Å². The smallest absolute Gasteiger partial charge is 0.252 e. The van der Waals surface area contributed by atoms with E-state index in [2.05, 4.69) is 33.2 Å². The average molecular weight is 491 g/mol. The molecule has 0 radical (unpaired) electrons. The quantitative estimate of drug-likeness (QED) is 0.631. The highest BCUT2D eigenvalue weighted by Crippen LogP contribution is 2.13. The molecule has 1 aliphatic rings. The molecule has 0 saturated carbocycles. The number of piperidine rings is 1. The second kappa shape index (κ2) is 9.68. The van der Waals surface area contributed by atoms with Gasteiger partial charge in [-0.05, 0) is 59.7 Å². The zero-order valence-electron chi connectivity index (χ0n) is 15.4. The number of benzene rings is 2. The van der Waals surface area contributed by atoms with Gasteiger partial charge in [-0.2, -0.15) is 0 Å². The summed E-state index contributed by atoms with van der Waals surface area (Å²) in [6.07, 6.45) is 1.41. The second-order valence-electron chi connectivity index (χ2n) is 6.66. The standard InChI is InChI=1S/C21H22IN3O3/c22-18-9-5-4-8-17(18)21(28)23-14-19(26)25-12-10-16(11-13-25)24-20(27)15-6-2-1-3-7-15/h1-9,16H,10-14H2,(H,23,28)(H,24,27). The van der Waals surface area contributed by atoms with Crippen LogP contribution in [0.25, 0.3) is 0 Å². The zero-order valence-corrected chi connectivity index (χ0v) is 17.5. The van der Waals surface area contributed by atoms with Crippen molar-refractivity contribution in [1.29, 1.82) is 0 Å². The number of nitrogens with one attached hydrogen (secondary N) is 2. The van der Waals surface area contributed by atoms with Crippen molar-refractivity contribution in [1.82, 2.24) is 15.5 Å². The summed E-state index contributed by atoms with van der Waals surface area (Å²) < 4.78 is 0.847. The van der Waals surface area contributed by atoms with Crippen LogP contribution in [0.1, 0.15) is 33.6 Å². The summed E-state index contributed by atoms with van der Waals surface area (Å²) in [7, 11) is 0. The minimum atomic E-state index is -0.247. The van der Waals surface area contributed by atoms with E-state index in [1.54, 1.807) is 29.2 Å². The molecule has 146 valence electrons. The van der Waals surface area contributed by atoms with Crippen molar-refractivity contribution in [2.24, 2.45) is 0 Å². The van der Waals surface area contributed by atoms with Crippen molar-refractivity contribution < 1.29 is 14.4 Å². The van der Waals surface area contributed by atoms with Crippen LogP contribution in [0.2, 0.25) is 0 Å². The Bertz CT molecular complexity index is 849. The van der Waals surface area contributed by atoms with Gasteiger partial charge in [-0.15, -0.1) is 0 Å². The van der Waals surface area contributed by atoms with Gasteiger partial charge < -0.3 is 15.5 Å². The summed E-state index contributed by atoms with van der Waals surface area (Å²) in [5.41, 5.74) is 1.21. The molecule has 1 fully saturated rings. The molecular weight excluding hydrogens is 469 g/mol. The summed E-state index contributed by atoms with van der Waals surface area (Å²) in [5, 5.41) is 5.72. The largest absolute Gasteiger partial charge is 0.349 e. The van der Waals surface area contributed by atoms with E-state index in [1.807, 2.05) is 30.3 Å². The number of carbonyl (C=O) groups is 3. The maximum Gasteiger partial charge on any atom is 0.252 e. The minimum Gasteiger partial charge on any atom is -0.349 e. The third-order valence-electron chi connectivity index (χ3n) is 4.74. The van der Waals surface area contributed by atoms with Crippen LogP contribution in [0.4, 0.5) is 0 Å². The van der Waals surface area contributed by atoms with Crippen molar-refractivity contribution in [2.45, 2.75) is 18.9 Å². The summed E-state index contributed by atoms with van der Waals surface area (Å²) in [6.45, 7) is 1.11. The number of likely N-dealkylation sites (tertiary alicyclic amines) is 1. The number of carbonyl (C=O) groups excluding carboxylic acids is 3. The summed E-state index contributed by atoms with van der Waals surface area (Å²) in [4.78, 5) is 38.6. The molecule has 1 heterocycles. The summed E-state index contributed by atoms with van der Waals surface area (Å²) in [6, 6.07) is 16.4. The molecule has 0 unspecified atom stereocenters. The Kier molecular flexibility index (Phi) is 7.02. The molecule has 2 aromatic carbocycles. The molecule has 0 bridgehead atoms. The minimum absolute atomic E-state index is 0.0230. The molecule has 1 aliphatic heterocycles. The molecule has 2 N–H and O–H groups in total. The molecule has 0 atom stereocenters. The number of halogens is 1. The van der Waals surface area contributed by atoms with Gasteiger partial charge in [0.25, 0.3) is 11.8 Å². The van der Waals surface area contributed by atoms with Crippen LogP contribution in [0.15, 0.2) is 54.6 Å². The first kappa shape index (κ1) is 20.3. The van der Waals surface area contributed by atoms with Gasteiger partial charge >= 0.3 is 0 Å². The molecule has 7 heteroatoms. The van der Waals surface area contributed by atoms with Crippen LogP contribution in [-0.4, -0.2) is 48.3 Å². The topological polar surface area (TPSA) is 78.5 Å². The predicted octanol–water partition coefficient (Wildman–Crippen LogP) is 2.44. The SMILES string of the molecule is O=C(NC1CCN(C(=O)CNC(=O)c2ccccc2I)CC1)c1ccccc1. The lowest BCUT2D eigenvalue weighted by Crippen LogP contribution is -2.49. The monoisotopic (exact) mass is 491 g/mol. The Balaban J connectivity index is 1.43. The third-order valence-corrected chi connectivity index (χ3v) is 5.68. The Morgan fingerprint density at radius 1 is 0.929 bits per heavy atom. The Morgan fingerprint density at radius 2 is 1.57 bits per heavy atom. The molecule has 2 aromatic rings. The van der Waals surface area contributed by atoms with E-state index in [0.717, 1.165) is 3.57 Å². The zero-order chi connectivity index (χ0) is 19.9. The van der Waals surface area contributed by atoms with Crippen LogP contribution in [-0.2, 0) is 4.79 Å².